The predicted octanol–water partition coefficient (Wildman–Crippen LogP) is 2.41. The van der Waals surface area contributed by atoms with Crippen LogP contribution in [0, 0.1) is 6.92 Å². The third-order valence-corrected chi connectivity index (χ3v) is 3.84. The Kier molecular flexibility index (Phi) is 4.75. The van der Waals surface area contributed by atoms with Crippen molar-refractivity contribution >= 4 is 29.4 Å². The molecular formula is C15H18ClN3O2. The standard InChI is InChI=1S/C15H17N3O2.ClH/c1-10-13(9-18-8-4-7-14(18)15(19)20)17-12-6-3-2-5-11(12)16-10;/h2-3,5-6,14H,4,7-9H2,1H3,(H,19,20);1H/t14-;/m0./s1. The van der Waals surface area contributed by atoms with Crippen LogP contribution in [0.5, 0.6) is 0 Å². The van der Waals surface area contributed by atoms with Crippen LogP contribution in [-0.4, -0.2) is 38.5 Å². The van der Waals surface area contributed by atoms with E-state index >= 15 is 0 Å². The number of aromatic nitrogens is 2. The van der Waals surface area contributed by atoms with Gasteiger partial charge in [-0.15, -0.1) is 12.4 Å². The van der Waals surface area contributed by atoms with Gasteiger partial charge in [-0.05, 0) is 38.4 Å². The van der Waals surface area contributed by atoms with Crippen LogP contribution in [0.3, 0.4) is 0 Å². The molecule has 0 unspecified atom stereocenters. The first-order valence-electron chi connectivity index (χ1n) is 6.84. The summed E-state index contributed by atoms with van der Waals surface area (Å²) in [5.74, 6) is -0.742. The molecule has 1 aromatic heterocycles. The van der Waals surface area contributed by atoms with Gasteiger partial charge in [-0.3, -0.25) is 9.69 Å². The number of fused-ring (bicyclic) bond motifs is 1. The summed E-state index contributed by atoms with van der Waals surface area (Å²) < 4.78 is 0. The normalized spacial score (nSPS) is 18.6. The van der Waals surface area contributed by atoms with Crippen molar-refractivity contribution in [1.82, 2.24) is 14.9 Å². The van der Waals surface area contributed by atoms with Crippen molar-refractivity contribution < 1.29 is 9.90 Å². The lowest BCUT2D eigenvalue weighted by Crippen LogP contribution is -2.35. The Hall–Kier alpha value is -1.72. The number of nitrogens with zero attached hydrogens (tertiary/aromatic N) is 3. The summed E-state index contributed by atoms with van der Waals surface area (Å²) in [7, 11) is 0. The van der Waals surface area contributed by atoms with Crippen LogP contribution >= 0.6 is 12.4 Å². The van der Waals surface area contributed by atoms with Crippen molar-refractivity contribution in [2.24, 2.45) is 0 Å². The molecule has 112 valence electrons. The monoisotopic (exact) mass is 307 g/mol. The van der Waals surface area contributed by atoms with Crippen molar-refractivity contribution in [3.05, 3.63) is 35.7 Å². The van der Waals surface area contributed by atoms with Crippen LogP contribution < -0.4 is 0 Å². The maximum absolute atomic E-state index is 11.2. The third kappa shape index (κ3) is 3.14. The maximum atomic E-state index is 11.2. The summed E-state index contributed by atoms with van der Waals surface area (Å²) in [6.45, 7) is 3.30. The van der Waals surface area contributed by atoms with Crippen molar-refractivity contribution in [3.8, 4) is 0 Å². The first-order valence-corrected chi connectivity index (χ1v) is 6.84. The number of carboxylic acids is 1. The molecule has 1 fully saturated rings. The Morgan fingerprint density at radius 2 is 2.00 bits per heavy atom. The Bertz CT molecular complexity index is 662. The predicted molar refractivity (Wildman–Crippen MR) is 82.6 cm³/mol. The van der Waals surface area contributed by atoms with Crippen LogP contribution in [0.1, 0.15) is 24.2 Å². The van der Waals surface area contributed by atoms with Gasteiger partial charge in [0.15, 0.2) is 0 Å². The van der Waals surface area contributed by atoms with Gasteiger partial charge in [0.1, 0.15) is 6.04 Å². The fourth-order valence-corrected chi connectivity index (χ4v) is 2.76. The molecule has 2 heterocycles. The number of carbonyl (C=O) groups is 1. The zero-order valence-electron chi connectivity index (χ0n) is 11.8. The highest BCUT2D eigenvalue weighted by molar-refractivity contribution is 5.85. The molecule has 6 heteroatoms. The highest BCUT2D eigenvalue weighted by Gasteiger charge is 2.30. The average molecular weight is 308 g/mol. The minimum atomic E-state index is -0.742. The van der Waals surface area contributed by atoms with Gasteiger partial charge in [0.2, 0.25) is 0 Å². The minimum absolute atomic E-state index is 0. The molecule has 0 amide bonds. The molecule has 0 saturated carbocycles. The summed E-state index contributed by atoms with van der Waals surface area (Å²) in [5, 5.41) is 9.23. The number of benzene rings is 1. The molecule has 0 radical (unpaired) electrons. The molecule has 0 spiro atoms. The largest absolute Gasteiger partial charge is 0.480 e. The van der Waals surface area contributed by atoms with Crippen LogP contribution in [0.4, 0.5) is 0 Å². The lowest BCUT2D eigenvalue weighted by molar-refractivity contribution is -0.142. The molecule has 1 saturated heterocycles. The lowest BCUT2D eigenvalue weighted by atomic mass is 10.2. The molecule has 1 N–H and O–H groups in total. The molecule has 0 bridgehead atoms. The topological polar surface area (TPSA) is 66.3 Å². The Morgan fingerprint density at radius 1 is 1.33 bits per heavy atom. The summed E-state index contributed by atoms with van der Waals surface area (Å²) in [6.07, 6.45) is 1.65. The van der Waals surface area contributed by atoms with E-state index in [1.807, 2.05) is 36.1 Å². The van der Waals surface area contributed by atoms with E-state index in [0.717, 1.165) is 41.8 Å². The number of hydrogen-bond donors (Lipinski definition) is 1. The number of para-hydroxylation sites is 2. The third-order valence-electron chi connectivity index (χ3n) is 3.84. The number of hydrogen-bond acceptors (Lipinski definition) is 4. The minimum Gasteiger partial charge on any atom is -0.480 e. The molecule has 5 nitrogen and oxygen atoms in total. The Morgan fingerprint density at radius 3 is 2.67 bits per heavy atom. The van der Waals surface area contributed by atoms with E-state index in [-0.39, 0.29) is 18.4 Å². The molecule has 3 rings (SSSR count). The zero-order valence-corrected chi connectivity index (χ0v) is 12.6. The number of aliphatic carboxylic acids is 1. The SMILES string of the molecule is Cc1nc2ccccc2nc1CN1CCC[C@H]1C(=O)O.Cl. The van der Waals surface area contributed by atoms with Crippen molar-refractivity contribution in [3.63, 3.8) is 0 Å². The molecular weight excluding hydrogens is 290 g/mol. The molecule has 1 aromatic carbocycles. The molecule has 1 atom stereocenters. The van der Waals surface area contributed by atoms with Gasteiger partial charge in [-0.1, -0.05) is 12.1 Å². The van der Waals surface area contributed by atoms with Crippen LogP contribution in [0.25, 0.3) is 11.0 Å². The second-order valence-corrected chi connectivity index (χ2v) is 5.21. The first-order chi connectivity index (χ1) is 9.65. The fraction of sp³-hybridized carbons (Fsp3) is 0.400. The number of carboxylic acid groups (broad SMARTS) is 1. The molecule has 1 aliphatic rings. The van der Waals surface area contributed by atoms with Crippen LogP contribution in [0.2, 0.25) is 0 Å². The van der Waals surface area contributed by atoms with Crippen molar-refractivity contribution in [2.45, 2.75) is 32.4 Å². The summed E-state index contributed by atoms with van der Waals surface area (Å²) >= 11 is 0. The number of rotatable bonds is 3. The second kappa shape index (κ2) is 6.37. The molecule has 1 aliphatic heterocycles. The zero-order chi connectivity index (χ0) is 14.1. The van der Waals surface area contributed by atoms with Gasteiger partial charge in [0, 0.05) is 6.54 Å². The number of likely N-dealkylation sites (tertiary alicyclic amines) is 1. The van der Waals surface area contributed by atoms with Crippen LogP contribution in [-0.2, 0) is 11.3 Å². The first kappa shape index (κ1) is 15.7. The van der Waals surface area contributed by atoms with E-state index in [2.05, 4.69) is 9.97 Å². The maximum Gasteiger partial charge on any atom is 0.320 e. The fourth-order valence-electron chi connectivity index (χ4n) is 2.76. The Labute approximate surface area is 129 Å². The van der Waals surface area contributed by atoms with Gasteiger partial charge in [0.25, 0.3) is 0 Å². The summed E-state index contributed by atoms with van der Waals surface area (Å²) in [4.78, 5) is 22.4. The van der Waals surface area contributed by atoms with E-state index in [1.165, 1.54) is 0 Å². The van der Waals surface area contributed by atoms with Crippen molar-refractivity contribution in [2.75, 3.05) is 6.54 Å². The van der Waals surface area contributed by atoms with E-state index in [9.17, 15) is 9.90 Å². The highest BCUT2D eigenvalue weighted by Crippen LogP contribution is 2.21. The number of halogens is 1. The Balaban J connectivity index is 0.00000161. The van der Waals surface area contributed by atoms with Gasteiger partial charge in [0.05, 0.1) is 22.4 Å². The molecule has 0 aliphatic carbocycles. The summed E-state index contributed by atoms with van der Waals surface area (Å²) in [6, 6.07) is 7.37. The second-order valence-electron chi connectivity index (χ2n) is 5.21. The van der Waals surface area contributed by atoms with E-state index in [4.69, 9.17) is 0 Å². The smallest absolute Gasteiger partial charge is 0.320 e. The van der Waals surface area contributed by atoms with E-state index < -0.39 is 5.97 Å². The quantitative estimate of drug-likeness (QED) is 0.943. The average Bonchev–Trinajstić information content (AvgIpc) is 2.88. The van der Waals surface area contributed by atoms with Gasteiger partial charge in [-0.25, -0.2) is 9.97 Å². The van der Waals surface area contributed by atoms with Gasteiger partial charge < -0.3 is 5.11 Å². The molecule has 2 aromatic rings. The van der Waals surface area contributed by atoms with E-state index in [1.54, 1.807) is 0 Å². The molecule has 21 heavy (non-hydrogen) atoms. The van der Waals surface area contributed by atoms with Crippen molar-refractivity contribution in [1.29, 1.82) is 0 Å². The van der Waals surface area contributed by atoms with Crippen LogP contribution in [0.15, 0.2) is 24.3 Å². The van der Waals surface area contributed by atoms with Gasteiger partial charge >= 0.3 is 5.97 Å². The number of aryl methyl sites for hydroxylation is 1. The summed E-state index contributed by atoms with van der Waals surface area (Å²) in [5.41, 5.74) is 3.49. The van der Waals surface area contributed by atoms with Gasteiger partial charge in [-0.2, -0.15) is 0 Å². The van der Waals surface area contributed by atoms with E-state index in [0.29, 0.717) is 6.54 Å². The highest BCUT2D eigenvalue weighted by atomic mass is 35.5. The lowest BCUT2D eigenvalue weighted by Gasteiger charge is -2.21.